The van der Waals surface area contributed by atoms with Crippen LogP contribution in [0, 0.1) is 5.92 Å². The molecule has 1 aromatic heterocycles. The summed E-state index contributed by atoms with van der Waals surface area (Å²) < 4.78 is 10.1. The van der Waals surface area contributed by atoms with Gasteiger partial charge in [0.1, 0.15) is 17.4 Å². The number of thiazole rings is 1. The highest BCUT2D eigenvalue weighted by molar-refractivity contribution is 7.09. The van der Waals surface area contributed by atoms with E-state index < -0.39 is 0 Å². The number of rotatable bonds is 7. The van der Waals surface area contributed by atoms with E-state index in [4.69, 9.17) is 9.47 Å². The lowest BCUT2D eigenvalue weighted by atomic mass is 9.97. The first-order chi connectivity index (χ1) is 13.6. The minimum Gasteiger partial charge on any atom is -0.497 e. The zero-order valence-corrected chi connectivity index (χ0v) is 17.0. The molecule has 3 rings (SSSR count). The third kappa shape index (κ3) is 5.08. The number of likely N-dealkylation sites (tertiary alicyclic amines) is 1. The van der Waals surface area contributed by atoms with Crippen LogP contribution in [-0.4, -0.2) is 55.6 Å². The Balaban J connectivity index is 1.53. The summed E-state index contributed by atoms with van der Waals surface area (Å²) in [7, 11) is 3.14. The van der Waals surface area contributed by atoms with Crippen LogP contribution in [0.1, 0.15) is 17.8 Å². The van der Waals surface area contributed by atoms with Crippen molar-refractivity contribution in [1.82, 2.24) is 15.2 Å². The molecular weight excluding hydrogens is 378 g/mol. The summed E-state index contributed by atoms with van der Waals surface area (Å²) in [5, 5.41) is 5.79. The van der Waals surface area contributed by atoms with E-state index in [1.165, 1.54) is 18.4 Å². The van der Waals surface area contributed by atoms with Gasteiger partial charge in [0.15, 0.2) is 0 Å². The molecule has 1 fully saturated rings. The van der Waals surface area contributed by atoms with E-state index >= 15 is 0 Å². The Kier molecular flexibility index (Phi) is 7.00. The lowest BCUT2D eigenvalue weighted by Gasteiger charge is -2.31. The maximum Gasteiger partial charge on any atom is 0.248 e. The average Bonchev–Trinajstić information content (AvgIpc) is 3.21. The molecule has 1 aliphatic rings. The van der Waals surface area contributed by atoms with Gasteiger partial charge < -0.3 is 19.7 Å². The lowest BCUT2D eigenvalue weighted by molar-refractivity contribution is -0.139. The van der Waals surface area contributed by atoms with Gasteiger partial charge in [0.2, 0.25) is 11.8 Å². The molecule has 2 aromatic rings. The summed E-state index contributed by atoms with van der Waals surface area (Å²) in [4.78, 5) is 30.8. The number of hydrogen-bond donors (Lipinski definition) is 1. The molecular formula is C20H25N3O4S. The van der Waals surface area contributed by atoms with Crippen LogP contribution in [0.15, 0.2) is 29.6 Å². The number of hydrogen-bond acceptors (Lipinski definition) is 6. The topological polar surface area (TPSA) is 80.8 Å². The summed E-state index contributed by atoms with van der Waals surface area (Å²) in [5.41, 5.74) is 1.89. The van der Waals surface area contributed by atoms with Gasteiger partial charge >= 0.3 is 0 Å². The van der Waals surface area contributed by atoms with Gasteiger partial charge in [-0.15, -0.1) is 11.3 Å². The number of benzene rings is 1. The standard InChI is InChI=1S/C20H25N3O4S/c1-26-12-19(24)23-9-3-4-15(11-23)20(25)21-10-18-22-17(13-28-18)14-5-7-16(27-2)8-6-14/h5-8,13,15H,3-4,9-12H2,1-2H3,(H,21,25)/t15-/m0/s1. The summed E-state index contributed by atoms with van der Waals surface area (Å²) in [6.45, 7) is 1.58. The third-order valence-electron chi connectivity index (χ3n) is 4.76. The number of ether oxygens (including phenoxy) is 2. The Hall–Kier alpha value is -2.45. The first-order valence-corrected chi connectivity index (χ1v) is 10.1. The monoisotopic (exact) mass is 403 g/mol. The average molecular weight is 404 g/mol. The number of methoxy groups -OCH3 is 2. The maximum atomic E-state index is 12.5. The van der Waals surface area contributed by atoms with E-state index in [0.717, 1.165) is 34.9 Å². The van der Waals surface area contributed by atoms with Gasteiger partial charge in [0.25, 0.3) is 0 Å². The van der Waals surface area contributed by atoms with Crippen LogP contribution in [0.3, 0.4) is 0 Å². The predicted octanol–water partition coefficient (Wildman–Crippen LogP) is 2.32. The summed E-state index contributed by atoms with van der Waals surface area (Å²) in [6, 6.07) is 7.72. The quantitative estimate of drug-likeness (QED) is 0.767. The van der Waals surface area contributed by atoms with Crippen molar-refractivity contribution < 1.29 is 19.1 Å². The molecule has 28 heavy (non-hydrogen) atoms. The number of carbonyl (C=O) groups excluding carboxylic acids is 2. The number of nitrogens with one attached hydrogen (secondary N) is 1. The highest BCUT2D eigenvalue weighted by atomic mass is 32.1. The Bertz CT molecular complexity index is 806. The SMILES string of the molecule is COCC(=O)N1CCC[C@H](C(=O)NCc2nc(-c3ccc(OC)cc3)cs2)C1. The van der Waals surface area contributed by atoms with Crippen molar-refractivity contribution in [1.29, 1.82) is 0 Å². The molecule has 0 spiro atoms. The van der Waals surface area contributed by atoms with Crippen molar-refractivity contribution in [2.24, 2.45) is 5.92 Å². The van der Waals surface area contributed by atoms with Crippen LogP contribution in [0.25, 0.3) is 11.3 Å². The summed E-state index contributed by atoms with van der Waals surface area (Å²) in [5.74, 6) is 0.521. The largest absolute Gasteiger partial charge is 0.497 e. The van der Waals surface area contributed by atoms with Gasteiger partial charge in [-0.25, -0.2) is 4.98 Å². The number of piperidine rings is 1. The van der Waals surface area contributed by atoms with Crippen LogP contribution < -0.4 is 10.1 Å². The van der Waals surface area contributed by atoms with Crippen LogP contribution in [0.5, 0.6) is 5.75 Å². The van der Waals surface area contributed by atoms with Gasteiger partial charge in [-0.05, 0) is 37.1 Å². The summed E-state index contributed by atoms with van der Waals surface area (Å²) >= 11 is 1.52. The maximum absolute atomic E-state index is 12.5. The van der Waals surface area contributed by atoms with E-state index in [9.17, 15) is 9.59 Å². The van der Waals surface area contributed by atoms with E-state index in [2.05, 4.69) is 10.3 Å². The van der Waals surface area contributed by atoms with Gasteiger partial charge in [0, 0.05) is 31.1 Å². The van der Waals surface area contributed by atoms with Gasteiger partial charge in [-0.3, -0.25) is 9.59 Å². The highest BCUT2D eigenvalue weighted by Gasteiger charge is 2.28. The van der Waals surface area contributed by atoms with Gasteiger partial charge in [-0.1, -0.05) is 0 Å². The predicted molar refractivity (Wildman–Crippen MR) is 107 cm³/mol. The Morgan fingerprint density at radius 1 is 1.29 bits per heavy atom. The second-order valence-corrected chi connectivity index (χ2v) is 7.63. The van der Waals surface area contributed by atoms with Gasteiger partial charge in [0.05, 0.1) is 25.3 Å². The molecule has 150 valence electrons. The minimum absolute atomic E-state index is 0.0314. The zero-order chi connectivity index (χ0) is 19.9. The fraction of sp³-hybridized carbons (Fsp3) is 0.450. The lowest BCUT2D eigenvalue weighted by Crippen LogP contribution is -2.46. The molecule has 2 heterocycles. The zero-order valence-electron chi connectivity index (χ0n) is 16.1. The van der Waals surface area contributed by atoms with Crippen molar-refractivity contribution in [3.05, 3.63) is 34.7 Å². The molecule has 1 aromatic carbocycles. The van der Waals surface area contributed by atoms with E-state index in [1.54, 1.807) is 12.0 Å². The minimum atomic E-state index is -0.185. The number of aromatic nitrogens is 1. The normalized spacial score (nSPS) is 16.6. The molecule has 0 bridgehead atoms. The van der Waals surface area contributed by atoms with Crippen molar-refractivity contribution in [3.8, 4) is 17.0 Å². The van der Waals surface area contributed by atoms with Crippen molar-refractivity contribution in [3.63, 3.8) is 0 Å². The molecule has 7 nitrogen and oxygen atoms in total. The Morgan fingerprint density at radius 3 is 2.79 bits per heavy atom. The van der Waals surface area contributed by atoms with Crippen LogP contribution in [0.4, 0.5) is 0 Å². The number of carbonyl (C=O) groups is 2. The summed E-state index contributed by atoms with van der Waals surface area (Å²) in [6.07, 6.45) is 1.62. The number of nitrogens with zero attached hydrogens (tertiary/aromatic N) is 2. The fourth-order valence-corrected chi connectivity index (χ4v) is 3.97. The highest BCUT2D eigenvalue weighted by Crippen LogP contribution is 2.24. The molecule has 0 radical (unpaired) electrons. The first-order valence-electron chi connectivity index (χ1n) is 9.24. The molecule has 2 amide bonds. The fourth-order valence-electron chi connectivity index (χ4n) is 3.23. The second kappa shape index (κ2) is 9.66. The molecule has 0 unspecified atom stereocenters. The molecule has 8 heteroatoms. The molecule has 1 saturated heterocycles. The van der Waals surface area contributed by atoms with E-state index in [-0.39, 0.29) is 24.3 Å². The molecule has 0 saturated carbocycles. The third-order valence-corrected chi connectivity index (χ3v) is 5.61. The molecule has 1 N–H and O–H groups in total. The van der Waals surface area contributed by atoms with Crippen molar-refractivity contribution in [2.75, 3.05) is 33.9 Å². The number of amides is 2. The smallest absolute Gasteiger partial charge is 0.248 e. The van der Waals surface area contributed by atoms with E-state index in [1.807, 2.05) is 29.6 Å². The van der Waals surface area contributed by atoms with Crippen LogP contribution in [-0.2, 0) is 20.9 Å². The van der Waals surface area contributed by atoms with Crippen LogP contribution in [0.2, 0.25) is 0 Å². The molecule has 1 aliphatic heterocycles. The second-order valence-electron chi connectivity index (χ2n) is 6.68. The van der Waals surface area contributed by atoms with Crippen LogP contribution >= 0.6 is 11.3 Å². The van der Waals surface area contributed by atoms with E-state index in [0.29, 0.717) is 19.6 Å². The molecule has 0 aliphatic carbocycles. The molecule has 1 atom stereocenters. The van der Waals surface area contributed by atoms with Crippen molar-refractivity contribution >= 4 is 23.2 Å². The van der Waals surface area contributed by atoms with Crippen molar-refractivity contribution in [2.45, 2.75) is 19.4 Å². The Labute approximate surface area is 168 Å². The first kappa shape index (κ1) is 20.3. The Morgan fingerprint density at radius 2 is 2.07 bits per heavy atom. The van der Waals surface area contributed by atoms with Gasteiger partial charge in [-0.2, -0.15) is 0 Å².